The molecule has 0 saturated carbocycles. The van der Waals surface area contributed by atoms with Crippen LogP contribution in [-0.4, -0.2) is 39.3 Å². The molecule has 1 fully saturated rings. The maximum atomic E-state index is 11.1. The van der Waals surface area contributed by atoms with Gasteiger partial charge in [0, 0.05) is 5.88 Å². The van der Waals surface area contributed by atoms with Gasteiger partial charge in [-0.25, -0.2) is 4.79 Å². The van der Waals surface area contributed by atoms with E-state index in [9.17, 15) is 9.59 Å². The molecule has 4 nitrogen and oxygen atoms in total. The van der Waals surface area contributed by atoms with Crippen LogP contribution in [0.5, 0.6) is 0 Å². The van der Waals surface area contributed by atoms with E-state index in [0.717, 1.165) is 4.90 Å². The summed E-state index contributed by atoms with van der Waals surface area (Å²) < 4.78 is 0. The van der Waals surface area contributed by atoms with E-state index in [0.29, 0.717) is 0 Å². The van der Waals surface area contributed by atoms with Gasteiger partial charge in [0.2, 0.25) is 5.91 Å². The number of carboxylic acids is 1. The smallest absolute Gasteiger partial charge is 0.330 e. The molecule has 1 N–H and O–H groups in total. The van der Waals surface area contributed by atoms with Gasteiger partial charge >= 0.3 is 5.97 Å². The summed E-state index contributed by atoms with van der Waals surface area (Å²) in [6, 6.07) is -1.10. The van der Waals surface area contributed by atoms with E-state index in [1.165, 1.54) is 0 Å². The van der Waals surface area contributed by atoms with E-state index in [1.807, 2.05) is 0 Å². The van der Waals surface area contributed by atoms with Crippen LogP contribution in [0.25, 0.3) is 0 Å². The molecule has 14 heavy (non-hydrogen) atoms. The van der Waals surface area contributed by atoms with Gasteiger partial charge in [0.05, 0.1) is 6.42 Å². The fourth-order valence-corrected chi connectivity index (χ4v) is 1.76. The number of likely N-dealkylation sites (tertiary alicyclic amines) is 1. The highest BCUT2D eigenvalue weighted by molar-refractivity contribution is 6.25. The van der Waals surface area contributed by atoms with Crippen LogP contribution >= 0.6 is 23.2 Å². The Bertz CT molecular complexity index is 292. The van der Waals surface area contributed by atoms with Crippen LogP contribution in [0.1, 0.15) is 6.42 Å². The van der Waals surface area contributed by atoms with Gasteiger partial charge in [-0.2, -0.15) is 0 Å². The third-order valence-corrected chi connectivity index (χ3v) is 2.71. The second-order valence-electron chi connectivity index (χ2n) is 2.97. The molecular weight excluding hydrogens is 229 g/mol. The molecule has 1 saturated heterocycles. The first-order valence-electron chi connectivity index (χ1n) is 3.90. The predicted octanol–water partition coefficient (Wildman–Crippen LogP) is 1.03. The fraction of sp³-hybridized carbons (Fsp3) is 0.500. The van der Waals surface area contributed by atoms with Gasteiger partial charge in [0.15, 0.2) is 6.04 Å². The van der Waals surface area contributed by atoms with Crippen molar-refractivity contribution in [1.29, 1.82) is 0 Å². The summed E-state index contributed by atoms with van der Waals surface area (Å²) in [7, 11) is 0. The molecule has 0 aliphatic carbocycles. The fourth-order valence-electron chi connectivity index (χ4n) is 1.26. The number of rotatable bonds is 4. The van der Waals surface area contributed by atoms with Crippen molar-refractivity contribution in [3.05, 3.63) is 12.2 Å². The molecule has 78 valence electrons. The Kier molecular flexibility index (Phi) is 3.39. The Labute approximate surface area is 91.1 Å². The lowest BCUT2D eigenvalue weighted by Gasteiger charge is -2.40. The highest BCUT2D eigenvalue weighted by Gasteiger charge is 2.43. The third-order valence-electron chi connectivity index (χ3n) is 2.00. The number of β-lactam (4-membered cyclic amide) rings is 1. The first kappa shape index (κ1) is 11.3. The molecule has 2 unspecified atom stereocenters. The minimum absolute atomic E-state index is 0.00957. The number of alkyl halides is 2. The molecule has 6 heteroatoms. The zero-order valence-electron chi connectivity index (χ0n) is 7.24. The topological polar surface area (TPSA) is 57.6 Å². The van der Waals surface area contributed by atoms with Gasteiger partial charge in [0.25, 0.3) is 0 Å². The second-order valence-corrected chi connectivity index (χ2v) is 3.74. The standard InChI is InChI=1S/C8H9Cl2NO3/c1-4(3-9)7(8(13)14)11-5(10)2-6(11)12/h5,7H,1-3H2,(H,13,14). The van der Waals surface area contributed by atoms with Crippen molar-refractivity contribution in [2.45, 2.75) is 18.0 Å². The summed E-state index contributed by atoms with van der Waals surface area (Å²) in [6.45, 7) is 3.50. The van der Waals surface area contributed by atoms with E-state index in [4.69, 9.17) is 28.3 Å². The zero-order chi connectivity index (χ0) is 10.9. The molecule has 2 atom stereocenters. The maximum absolute atomic E-state index is 11.1. The molecule has 1 aliphatic heterocycles. The lowest BCUT2D eigenvalue weighted by atomic mass is 10.0. The van der Waals surface area contributed by atoms with Gasteiger partial charge in [-0.3, -0.25) is 4.79 Å². The summed E-state index contributed by atoms with van der Waals surface area (Å²) in [5, 5.41) is 8.87. The summed E-state index contributed by atoms with van der Waals surface area (Å²) in [4.78, 5) is 23.0. The molecule has 1 heterocycles. The third kappa shape index (κ3) is 1.86. The van der Waals surface area contributed by atoms with E-state index < -0.39 is 17.5 Å². The number of carbonyl (C=O) groups excluding carboxylic acids is 1. The highest BCUT2D eigenvalue weighted by Crippen LogP contribution is 2.28. The van der Waals surface area contributed by atoms with E-state index in [-0.39, 0.29) is 23.8 Å². The van der Waals surface area contributed by atoms with Gasteiger partial charge in [-0.05, 0) is 5.57 Å². The summed E-state index contributed by atoms with van der Waals surface area (Å²) >= 11 is 11.2. The Morgan fingerprint density at radius 3 is 2.64 bits per heavy atom. The monoisotopic (exact) mass is 237 g/mol. The highest BCUT2D eigenvalue weighted by atomic mass is 35.5. The van der Waals surface area contributed by atoms with Crippen molar-refractivity contribution in [2.24, 2.45) is 0 Å². The summed E-state index contributed by atoms with van der Waals surface area (Å²) in [6.07, 6.45) is 0.168. The van der Waals surface area contributed by atoms with E-state index >= 15 is 0 Å². The Hall–Kier alpha value is -0.740. The number of hydrogen-bond acceptors (Lipinski definition) is 2. The minimum Gasteiger partial charge on any atom is -0.479 e. The number of halogens is 2. The summed E-state index contributed by atoms with van der Waals surface area (Å²) in [5.74, 6) is -1.46. The largest absolute Gasteiger partial charge is 0.479 e. The second kappa shape index (κ2) is 4.19. The molecule has 1 rings (SSSR count). The number of amides is 1. The van der Waals surface area contributed by atoms with Crippen LogP contribution in [-0.2, 0) is 9.59 Å². The van der Waals surface area contributed by atoms with Crippen LogP contribution in [0.4, 0.5) is 0 Å². The van der Waals surface area contributed by atoms with Crippen LogP contribution < -0.4 is 0 Å². The van der Waals surface area contributed by atoms with Crippen molar-refractivity contribution in [3.8, 4) is 0 Å². The zero-order valence-corrected chi connectivity index (χ0v) is 8.75. The molecule has 1 aliphatic rings. The quantitative estimate of drug-likeness (QED) is 0.344. The van der Waals surface area contributed by atoms with Crippen LogP contribution in [0.3, 0.4) is 0 Å². The van der Waals surface area contributed by atoms with Crippen molar-refractivity contribution in [3.63, 3.8) is 0 Å². The van der Waals surface area contributed by atoms with Crippen molar-refractivity contribution >= 4 is 35.1 Å². The normalized spacial score (nSPS) is 22.9. The Balaban J connectivity index is 2.83. The van der Waals surface area contributed by atoms with Gasteiger partial charge < -0.3 is 10.0 Å². The van der Waals surface area contributed by atoms with Crippen LogP contribution in [0, 0.1) is 0 Å². The Morgan fingerprint density at radius 1 is 1.79 bits per heavy atom. The minimum atomic E-state index is -1.16. The average molecular weight is 238 g/mol. The van der Waals surface area contributed by atoms with Crippen LogP contribution in [0.2, 0.25) is 0 Å². The molecule has 0 aromatic heterocycles. The number of carbonyl (C=O) groups is 2. The molecule has 1 amide bonds. The van der Waals surface area contributed by atoms with E-state index in [2.05, 4.69) is 6.58 Å². The molecule has 0 radical (unpaired) electrons. The summed E-state index contributed by atoms with van der Waals surface area (Å²) in [5.41, 5.74) is -0.304. The molecule has 0 aromatic rings. The predicted molar refractivity (Wildman–Crippen MR) is 52.4 cm³/mol. The number of carboxylic acid groups (broad SMARTS) is 1. The molecule has 0 spiro atoms. The first-order valence-corrected chi connectivity index (χ1v) is 4.87. The maximum Gasteiger partial charge on any atom is 0.330 e. The SMILES string of the molecule is C=C(CCl)C(C(=O)O)N1C(=O)CC1Cl. The lowest BCUT2D eigenvalue weighted by molar-refractivity contribution is -0.156. The molecular formula is C8H9Cl2NO3. The van der Waals surface area contributed by atoms with Crippen molar-refractivity contribution in [1.82, 2.24) is 4.90 Å². The lowest BCUT2D eigenvalue weighted by Crippen LogP contribution is -2.58. The van der Waals surface area contributed by atoms with Crippen LogP contribution in [0.15, 0.2) is 12.2 Å². The van der Waals surface area contributed by atoms with Gasteiger partial charge in [0.1, 0.15) is 5.50 Å². The van der Waals surface area contributed by atoms with Crippen molar-refractivity contribution < 1.29 is 14.7 Å². The number of aliphatic carboxylic acids is 1. The van der Waals surface area contributed by atoms with Gasteiger partial charge in [-0.1, -0.05) is 18.2 Å². The van der Waals surface area contributed by atoms with E-state index in [1.54, 1.807) is 0 Å². The first-order chi connectivity index (χ1) is 6.49. The Morgan fingerprint density at radius 2 is 2.36 bits per heavy atom. The van der Waals surface area contributed by atoms with Crippen molar-refractivity contribution in [2.75, 3.05) is 5.88 Å². The average Bonchev–Trinajstić information content (AvgIpc) is 2.12. The molecule has 0 bridgehead atoms. The number of nitrogens with zero attached hydrogens (tertiary/aromatic N) is 1. The van der Waals surface area contributed by atoms with Gasteiger partial charge in [-0.15, -0.1) is 11.6 Å². The number of hydrogen-bond donors (Lipinski definition) is 1. The molecule has 0 aromatic carbocycles.